The lowest BCUT2D eigenvalue weighted by Crippen LogP contribution is -2.13. The van der Waals surface area contributed by atoms with Crippen LogP contribution in [0.15, 0.2) is 53.4 Å². The summed E-state index contributed by atoms with van der Waals surface area (Å²) in [6.45, 7) is 0. The molecule has 0 fully saturated rings. The van der Waals surface area contributed by atoms with Crippen molar-refractivity contribution < 1.29 is 14.0 Å². The van der Waals surface area contributed by atoms with Crippen molar-refractivity contribution in [1.29, 1.82) is 0 Å². The van der Waals surface area contributed by atoms with Gasteiger partial charge in [0.15, 0.2) is 0 Å². The molecule has 0 heterocycles. The normalized spacial score (nSPS) is 10.2. The fourth-order valence-electron chi connectivity index (χ4n) is 1.73. The molecule has 0 saturated carbocycles. The van der Waals surface area contributed by atoms with Gasteiger partial charge in [0.25, 0.3) is 0 Å². The van der Waals surface area contributed by atoms with E-state index in [0.29, 0.717) is 23.4 Å². The van der Waals surface area contributed by atoms with Crippen molar-refractivity contribution in [3.8, 4) is 0 Å². The summed E-state index contributed by atoms with van der Waals surface area (Å²) in [7, 11) is 0. The van der Waals surface area contributed by atoms with Crippen LogP contribution in [0.5, 0.6) is 0 Å². The first-order valence-corrected chi connectivity index (χ1v) is 7.61. The molecule has 0 radical (unpaired) electrons. The van der Waals surface area contributed by atoms with Crippen molar-refractivity contribution in [3.63, 3.8) is 0 Å². The molecule has 2 aromatic carbocycles. The second-order valence-electron chi connectivity index (χ2n) is 4.54. The van der Waals surface area contributed by atoms with Crippen molar-refractivity contribution >= 4 is 29.3 Å². The first-order chi connectivity index (χ1) is 10.5. The number of nitrogens with one attached hydrogen (secondary N) is 1. The summed E-state index contributed by atoms with van der Waals surface area (Å²) in [5.41, 5.74) is 6.15. The minimum Gasteiger partial charge on any atom is -0.366 e. The monoisotopic (exact) mass is 318 g/mol. The minimum absolute atomic E-state index is 0.124. The van der Waals surface area contributed by atoms with Crippen LogP contribution >= 0.6 is 11.8 Å². The summed E-state index contributed by atoms with van der Waals surface area (Å²) in [6.07, 6.45) is 0.333. The number of primary amides is 1. The molecule has 6 heteroatoms. The molecule has 3 N–H and O–H groups in total. The van der Waals surface area contributed by atoms with Gasteiger partial charge in [-0.05, 0) is 48.5 Å². The second-order valence-corrected chi connectivity index (χ2v) is 5.71. The molecule has 0 atom stereocenters. The van der Waals surface area contributed by atoms with Gasteiger partial charge < -0.3 is 11.1 Å². The highest BCUT2D eigenvalue weighted by molar-refractivity contribution is 7.99. The van der Waals surface area contributed by atoms with Crippen molar-refractivity contribution in [3.05, 3.63) is 59.9 Å². The third-order valence-corrected chi connectivity index (χ3v) is 3.88. The van der Waals surface area contributed by atoms with Gasteiger partial charge in [-0.15, -0.1) is 11.8 Å². The highest BCUT2D eigenvalue weighted by atomic mass is 32.2. The lowest BCUT2D eigenvalue weighted by molar-refractivity contribution is -0.115. The van der Waals surface area contributed by atoms with E-state index >= 15 is 0 Å². The molecule has 2 amide bonds. The number of hydrogen-bond acceptors (Lipinski definition) is 3. The highest BCUT2D eigenvalue weighted by Gasteiger charge is 2.05. The van der Waals surface area contributed by atoms with Crippen LogP contribution in [0.2, 0.25) is 0 Å². The zero-order chi connectivity index (χ0) is 15.9. The van der Waals surface area contributed by atoms with Gasteiger partial charge in [-0.25, -0.2) is 4.39 Å². The van der Waals surface area contributed by atoms with Crippen LogP contribution in [-0.2, 0) is 4.79 Å². The van der Waals surface area contributed by atoms with E-state index in [2.05, 4.69) is 5.32 Å². The summed E-state index contributed by atoms with van der Waals surface area (Å²) in [5.74, 6) is -0.312. The van der Waals surface area contributed by atoms with E-state index < -0.39 is 5.91 Å². The zero-order valence-corrected chi connectivity index (χ0v) is 12.5. The number of nitrogens with two attached hydrogens (primary N) is 1. The van der Waals surface area contributed by atoms with Crippen molar-refractivity contribution in [2.75, 3.05) is 11.1 Å². The predicted molar refractivity (Wildman–Crippen MR) is 85.3 cm³/mol. The van der Waals surface area contributed by atoms with E-state index in [9.17, 15) is 14.0 Å². The molecule has 0 aliphatic heterocycles. The predicted octanol–water partition coefficient (Wildman–Crippen LogP) is 3.05. The number of amides is 2. The van der Waals surface area contributed by atoms with Crippen molar-refractivity contribution in [2.45, 2.75) is 11.3 Å². The summed E-state index contributed by atoms with van der Waals surface area (Å²) in [5, 5.41) is 2.74. The maximum atomic E-state index is 12.8. The summed E-state index contributed by atoms with van der Waals surface area (Å²) >= 11 is 1.49. The van der Waals surface area contributed by atoms with E-state index in [1.54, 1.807) is 36.4 Å². The topological polar surface area (TPSA) is 72.2 Å². The number of hydrogen-bond donors (Lipinski definition) is 2. The summed E-state index contributed by atoms with van der Waals surface area (Å²) in [6, 6.07) is 12.5. The van der Waals surface area contributed by atoms with Gasteiger partial charge in [-0.1, -0.05) is 0 Å². The van der Waals surface area contributed by atoms with Crippen LogP contribution < -0.4 is 11.1 Å². The van der Waals surface area contributed by atoms with Gasteiger partial charge in [-0.2, -0.15) is 0 Å². The van der Waals surface area contributed by atoms with Crippen LogP contribution in [0, 0.1) is 5.82 Å². The molecule has 0 aliphatic rings. The highest BCUT2D eigenvalue weighted by Crippen LogP contribution is 2.19. The van der Waals surface area contributed by atoms with Gasteiger partial charge in [0.05, 0.1) is 0 Å². The molecule has 22 heavy (non-hydrogen) atoms. The van der Waals surface area contributed by atoms with E-state index in [0.717, 1.165) is 4.90 Å². The number of benzene rings is 2. The van der Waals surface area contributed by atoms with Crippen LogP contribution in [-0.4, -0.2) is 17.6 Å². The Labute approximate surface area is 131 Å². The molecular formula is C16H15FN2O2S. The lowest BCUT2D eigenvalue weighted by Gasteiger charge is -2.06. The third-order valence-electron chi connectivity index (χ3n) is 2.86. The van der Waals surface area contributed by atoms with E-state index in [1.165, 1.54) is 23.9 Å². The first kappa shape index (κ1) is 16.0. The summed E-state index contributed by atoms with van der Waals surface area (Å²) in [4.78, 5) is 23.7. The zero-order valence-electron chi connectivity index (χ0n) is 11.7. The Kier molecular flexibility index (Phi) is 5.55. The Balaban J connectivity index is 1.77. The van der Waals surface area contributed by atoms with Crippen molar-refractivity contribution in [1.82, 2.24) is 0 Å². The Bertz CT molecular complexity index is 657. The lowest BCUT2D eigenvalue weighted by atomic mass is 10.2. The smallest absolute Gasteiger partial charge is 0.248 e. The molecule has 0 saturated heterocycles. The number of thioether (sulfide) groups is 1. The molecule has 0 unspecified atom stereocenters. The van der Waals surface area contributed by atoms with E-state index in [-0.39, 0.29) is 11.7 Å². The minimum atomic E-state index is -0.506. The average molecular weight is 318 g/mol. The van der Waals surface area contributed by atoms with Crippen LogP contribution in [0.25, 0.3) is 0 Å². The molecule has 2 aromatic rings. The fraction of sp³-hybridized carbons (Fsp3) is 0.125. The Morgan fingerprint density at radius 1 is 1.05 bits per heavy atom. The molecule has 2 rings (SSSR count). The molecule has 4 nitrogen and oxygen atoms in total. The second kappa shape index (κ2) is 7.61. The van der Waals surface area contributed by atoms with Crippen molar-refractivity contribution in [2.24, 2.45) is 5.73 Å². The first-order valence-electron chi connectivity index (χ1n) is 6.62. The number of anilines is 1. The van der Waals surface area contributed by atoms with Gasteiger partial charge >= 0.3 is 0 Å². The van der Waals surface area contributed by atoms with E-state index in [1.807, 2.05) is 0 Å². The molecule has 0 bridgehead atoms. The molecule has 0 spiro atoms. The number of halogens is 1. The van der Waals surface area contributed by atoms with Crippen LogP contribution in [0.1, 0.15) is 16.8 Å². The Morgan fingerprint density at radius 2 is 1.68 bits per heavy atom. The third kappa shape index (κ3) is 4.89. The standard InChI is InChI=1S/C16H15FN2O2S/c17-12-3-7-14(8-4-12)22-10-9-15(20)19-13-5-1-11(2-6-13)16(18)21/h1-8H,9-10H2,(H2,18,21)(H,19,20). The van der Waals surface area contributed by atoms with Gasteiger partial charge in [0.2, 0.25) is 11.8 Å². The van der Waals surface area contributed by atoms with Gasteiger partial charge in [0.1, 0.15) is 5.82 Å². The number of carbonyl (C=O) groups excluding carboxylic acids is 2. The molecule has 0 aromatic heterocycles. The largest absolute Gasteiger partial charge is 0.366 e. The fourth-order valence-corrected chi connectivity index (χ4v) is 2.59. The number of rotatable bonds is 6. The van der Waals surface area contributed by atoms with Gasteiger partial charge in [-0.3, -0.25) is 9.59 Å². The quantitative estimate of drug-likeness (QED) is 0.804. The SMILES string of the molecule is NC(=O)c1ccc(NC(=O)CCSc2ccc(F)cc2)cc1. The van der Waals surface area contributed by atoms with E-state index in [4.69, 9.17) is 5.73 Å². The van der Waals surface area contributed by atoms with Crippen LogP contribution in [0.3, 0.4) is 0 Å². The maximum absolute atomic E-state index is 12.8. The molecule has 0 aliphatic carbocycles. The van der Waals surface area contributed by atoms with Crippen LogP contribution in [0.4, 0.5) is 10.1 Å². The Morgan fingerprint density at radius 3 is 2.27 bits per heavy atom. The Hall–Kier alpha value is -2.34. The number of carbonyl (C=O) groups is 2. The maximum Gasteiger partial charge on any atom is 0.248 e. The molecule has 114 valence electrons. The van der Waals surface area contributed by atoms with Gasteiger partial charge in [0, 0.05) is 28.3 Å². The summed E-state index contributed by atoms with van der Waals surface area (Å²) < 4.78 is 12.8. The molecular weight excluding hydrogens is 303 g/mol. The average Bonchev–Trinajstić information content (AvgIpc) is 2.50.